The molecule has 3 nitrogen and oxygen atoms in total. The predicted molar refractivity (Wildman–Crippen MR) is 50.3 cm³/mol. The van der Waals surface area contributed by atoms with Crippen LogP contribution in [0.25, 0.3) is 0 Å². The van der Waals surface area contributed by atoms with Gasteiger partial charge in [0.2, 0.25) is 0 Å². The number of carbonyl (C=O) groups is 1. The molecule has 0 atom stereocenters. The smallest absolute Gasteiger partial charge is 0.398 e. The van der Waals surface area contributed by atoms with Crippen molar-refractivity contribution in [3.05, 3.63) is 23.8 Å². The van der Waals surface area contributed by atoms with Gasteiger partial charge in [0.25, 0.3) is 0 Å². The van der Waals surface area contributed by atoms with Crippen molar-refractivity contribution in [3.63, 3.8) is 0 Å². The summed E-state index contributed by atoms with van der Waals surface area (Å²) < 4.78 is 35.8. The molecule has 82 valence electrons. The number of nitrogen functional groups attached to an aromatic ring is 1. The van der Waals surface area contributed by atoms with Crippen LogP contribution < -0.4 is 11.1 Å². The molecule has 0 heterocycles. The standard InChI is InChI=1S/C9H9F3N2O/c1-5-6(13)3-2-4-7(5)14-8(15)9(10,11)12/h2-4H,13H2,1H3,(H,14,15). The number of alkyl halides is 3. The predicted octanol–water partition coefficient (Wildman–Crippen LogP) is 2.08. The van der Waals surface area contributed by atoms with Crippen molar-refractivity contribution in [1.29, 1.82) is 0 Å². The van der Waals surface area contributed by atoms with Crippen molar-refractivity contribution in [3.8, 4) is 0 Å². The minimum atomic E-state index is -4.89. The molecule has 0 unspecified atom stereocenters. The van der Waals surface area contributed by atoms with Gasteiger partial charge in [-0.3, -0.25) is 4.79 Å². The van der Waals surface area contributed by atoms with E-state index in [1.165, 1.54) is 19.1 Å². The van der Waals surface area contributed by atoms with Crippen LogP contribution in [0.3, 0.4) is 0 Å². The Labute approximate surface area is 84.1 Å². The largest absolute Gasteiger partial charge is 0.471 e. The molecule has 0 fully saturated rings. The molecule has 0 aliphatic heterocycles. The van der Waals surface area contributed by atoms with Gasteiger partial charge < -0.3 is 11.1 Å². The van der Waals surface area contributed by atoms with E-state index < -0.39 is 12.1 Å². The second-order valence-electron chi connectivity index (χ2n) is 2.97. The van der Waals surface area contributed by atoms with E-state index in [9.17, 15) is 18.0 Å². The van der Waals surface area contributed by atoms with E-state index >= 15 is 0 Å². The molecule has 1 aromatic rings. The molecule has 0 saturated carbocycles. The molecular weight excluding hydrogens is 209 g/mol. The average Bonchev–Trinajstić information content (AvgIpc) is 2.11. The minimum Gasteiger partial charge on any atom is -0.398 e. The quantitative estimate of drug-likeness (QED) is 0.709. The molecule has 0 saturated heterocycles. The molecule has 0 radical (unpaired) electrons. The van der Waals surface area contributed by atoms with Crippen LogP contribution in [0.1, 0.15) is 5.56 Å². The number of anilines is 2. The first-order chi connectivity index (χ1) is 6.82. The van der Waals surface area contributed by atoms with E-state index in [1.54, 1.807) is 11.4 Å². The van der Waals surface area contributed by atoms with Gasteiger partial charge in [0, 0.05) is 11.4 Å². The first-order valence-electron chi connectivity index (χ1n) is 4.05. The van der Waals surface area contributed by atoms with Gasteiger partial charge in [0.05, 0.1) is 0 Å². The van der Waals surface area contributed by atoms with Gasteiger partial charge in [-0.1, -0.05) is 6.07 Å². The third-order valence-corrected chi connectivity index (χ3v) is 1.88. The highest BCUT2D eigenvalue weighted by atomic mass is 19.4. The molecule has 0 aliphatic carbocycles. The van der Waals surface area contributed by atoms with Crippen molar-refractivity contribution in [2.75, 3.05) is 11.1 Å². The van der Waals surface area contributed by atoms with E-state index in [0.29, 0.717) is 11.3 Å². The summed E-state index contributed by atoms with van der Waals surface area (Å²) in [5.74, 6) is -2.00. The van der Waals surface area contributed by atoms with Crippen molar-refractivity contribution in [2.45, 2.75) is 13.1 Å². The number of nitrogens with two attached hydrogens (primary N) is 1. The fraction of sp³-hybridized carbons (Fsp3) is 0.222. The Balaban J connectivity index is 2.91. The second-order valence-corrected chi connectivity index (χ2v) is 2.97. The number of carbonyl (C=O) groups excluding carboxylic acids is 1. The number of rotatable bonds is 1. The zero-order valence-electron chi connectivity index (χ0n) is 7.85. The summed E-state index contributed by atoms with van der Waals surface area (Å²) in [4.78, 5) is 10.6. The number of hydrogen-bond acceptors (Lipinski definition) is 2. The zero-order valence-corrected chi connectivity index (χ0v) is 7.85. The second kappa shape index (κ2) is 3.80. The highest BCUT2D eigenvalue weighted by molar-refractivity contribution is 5.96. The number of hydrogen-bond donors (Lipinski definition) is 2. The third kappa shape index (κ3) is 2.61. The van der Waals surface area contributed by atoms with E-state index in [1.807, 2.05) is 0 Å². The Morgan fingerprint density at radius 1 is 1.40 bits per heavy atom. The highest BCUT2D eigenvalue weighted by Crippen LogP contribution is 2.23. The third-order valence-electron chi connectivity index (χ3n) is 1.88. The average molecular weight is 218 g/mol. The Morgan fingerprint density at radius 2 is 2.00 bits per heavy atom. The molecular formula is C9H9F3N2O. The Kier molecular flexibility index (Phi) is 2.88. The molecule has 1 amide bonds. The van der Waals surface area contributed by atoms with Crippen molar-refractivity contribution in [1.82, 2.24) is 0 Å². The maximum absolute atomic E-state index is 11.9. The maximum atomic E-state index is 11.9. The van der Waals surface area contributed by atoms with Gasteiger partial charge in [0.1, 0.15) is 0 Å². The molecule has 1 rings (SSSR count). The van der Waals surface area contributed by atoms with Crippen LogP contribution in [0.4, 0.5) is 24.5 Å². The molecule has 0 spiro atoms. The lowest BCUT2D eigenvalue weighted by atomic mass is 10.1. The maximum Gasteiger partial charge on any atom is 0.471 e. The lowest BCUT2D eigenvalue weighted by Crippen LogP contribution is -2.30. The molecule has 1 aromatic carbocycles. The minimum absolute atomic E-state index is 0.0670. The van der Waals surface area contributed by atoms with Crippen LogP contribution in [0.5, 0.6) is 0 Å². The molecule has 6 heteroatoms. The first kappa shape index (κ1) is 11.4. The molecule has 3 N–H and O–H groups in total. The molecule has 0 aromatic heterocycles. The number of nitrogens with one attached hydrogen (secondary N) is 1. The van der Waals surface area contributed by atoms with Crippen molar-refractivity contribution < 1.29 is 18.0 Å². The van der Waals surface area contributed by atoms with Crippen LogP contribution in [-0.2, 0) is 4.79 Å². The van der Waals surface area contributed by atoms with Crippen LogP contribution in [0, 0.1) is 6.92 Å². The Bertz CT molecular complexity index is 387. The SMILES string of the molecule is Cc1c(N)cccc1NC(=O)C(F)(F)F. The summed E-state index contributed by atoms with van der Waals surface area (Å²) in [6.07, 6.45) is -4.89. The topological polar surface area (TPSA) is 55.1 Å². The van der Waals surface area contributed by atoms with E-state index in [-0.39, 0.29) is 5.69 Å². The number of benzene rings is 1. The summed E-state index contributed by atoms with van der Waals surface area (Å²) in [6.45, 7) is 1.53. The normalized spacial score (nSPS) is 11.2. The molecule has 15 heavy (non-hydrogen) atoms. The Morgan fingerprint density at radius 3 is 2.53 bits per heavy atom. The summed E-state index contributed by atoms with van der Waals surface area (Å²) in [6, 6.07) is 4.36. The fourth-order valence-electron chi connectivity index (χ4n) is 0.982. The summed E-state index contributed by atoms with van der Waals surface area (Å²) in [5.41, 5.74) is 6.28. The van der Waals surface area contributed by atoms with E-state index in [2.05, 4.69) is 0 Å². The fourth-order valence-corrected chi connectivity index (χ4v) is 0.982. The lowest BCUT2D eigenvalue weighted by molar-refractivity contribution is -0.167. The summed E-state index contributed by atoms with van der Waals surface area (Å²) in [7, 11) is 0. The summed E-state index contributed by atoms with van der Waals surface area (Å²) in [5, 5.41) is 1.75. The van der Waals surface area contributed by atoms with Gasteiger partial charge >= 0.3 is 12.1 Å². The first-order valence-corrected chi connectivity index (χ1v) is 4.05. The van der Waals surface area contributed by atoms with Crippen LogP contribution >= 0.6 is 0 Å². The Hall–Kier alpha value is -1.72. The van der Waals surface area contributed by atoms with Crippen molar-refractivity contribution >= 4 is 17.3 Å². The number of halogens is 3. The highest BCUT2D eigenvalue weighted by Gasteiger charge is 2.38. The van der Waals surface area contributed by atoms with Gasteiger partial charge in [0.15, 0.2) is 0 Å². The van der Waals surface area contributed by atoms with Gasteiger partial charge in [-0.25, -0.2) is 0 Å². The van der Waals surface area contributed by atoms with E-state index in [0.717, 1.165) is 0 Å². The lowest BCUT2D eigenvalue weighted by Gasteiger charge is -2.11. The van der Waals surface area contributed by atoms with Crippen LogP contribution in [0.2, 0.25) is 0 Å². The molecule has 0 bridgehead atoms. The van der Waals surface area contributed by atoms with Crippen LogP contribution in [-0.4, -0.2) is 12.1 Å². The van der Waals surface area contributed by atoms with Gasteiger partial charge in [-0.05, 0) is 24.6 Å². The van der Waals surface area contributed by atoms with E-state index in [4.69, 9.17) is 5.73 Å². The zero-order chi connectivity index (χ0) is 11.6. The number of amides is 1. The van der Waals surface area contributed by atoms with Crippen molar-refractivity contribution in [2.24, 2.45) is 0 Å². The van der Waals surface area contributed by atoms with Crippen LogP contribution in [0.15, 0.2) is 18.2 Å². The molecule has 0 aliphatic rings. The monoisotopic (exact) mass is 218 g/mol. The summed E-state index contributed by atoms with van der Waals surface area (Å²) >= 11 is 0. The van der Waals surface area contributed by atoms with Gasteiger partial charge in [-0.2, -0.15) is 13.2 Å². The van der Waals surface area contributed by atoms with Gasteiger partial charge in [-0.15, -0.1) is 0 Å².